The fourth-order valence-electron chi connectivity index (χ4n) is 2.68. The molecule has 142 valence electrons. The molecule has 2 aromatic carbocycles. The van der Waals surface area contributed by atoms with E-state index in [4.69, 9.17) is 9.47 Å². The monoisotopic (exact) mass is 387 g/mol. The summed E-state index contributed by atoms with van der Waals surface area (Å²) in [6.07, 6.45) is -0.297. The Morgan fingerprint density at radius 2 is 1.89 bits per heavy atom. The molecule has 0 radical (unpaired) electrons. The van der Waals surface area contributed by atoms with E-state index in [0.717, 1.165) is 34.6 Å². The lowest BCUT2D eigenvalue weighted by molar-refractivity contribution is 0.209. The fraction of sp³-hybridized carbons (Fsp3) is 0.300. The Morgan fingerprint density at radius 1 is 1.11 bits per heavy atom. The number of nitrogens with zero attached hydrogens (tertiary/aromatic N) is 3. The van der Waals surface area contributed by atoms with Gasteiger partial charge in [0.2, 0.25) is 0 Å². The van der Waals surface area contributed by atoms with Gasteiger partial charge in [-0.15, -0.1) is 10.2 Å². The summed E-state index contributed by atoms with van der Waals surface area (Å²) in [7, 11) is 1.66. The number of thioether (sulfide) groups is 1. The zero-order valence-corrected chi connectivity index (χ0v) is 16.4. The number of benzene rings is 2. The summed E-state index contributed by atoms with van der Waals surface area (Å²) < 4.78 is 26.2. The van der Waals surface area contributed by atoms with Gasteiger partial charge in [0.25, 0.3) is 0 Å². The van der Waals surface area contributed by atoms with Gasteiger partial charge in [0.15, 0.2) is 17.1 Å². The van der Waals surface area contributed by atoms with Crippen LogP contribution in [-0.4, -0.2) is 21.9 Å². The van der Waals surface area contributed by atoms with Crippen molar-refractivity contribution in [3.05, 3.63) is 65.7 Å². The van der Waals surface area contributed by atoms with Crippen molar-refractivity contribution in [3.8, 4) is 11.5 Å². The van der Waals surface area contributed by atoms with Crippen molar-refractivity contribution in [3.63, 3.8) is 0 Å². The van der Waals surface area contributed by atoms with Crippen LogP contribution in [0.3, 0.4) is 0 Å². The first-order valence-electron chi connectivity index (χ1n) is 8.71. The summed E-state index contributed by atoms with van der Waals surface area (Å²) in [4.78, 5) is 0. The minimum absolute atomic E-state index is 0.289. The zero-order valence-electron chi connectivity index (χ0n) is 15.6. The molecule has 0 saturated carbocycles. The van der Waals surface area contributed by atoms with Gasteiger partial charge in [0.05, 0.1) is 7.11 Å². The smallest absolute Gasteiger partial charge is 0.191 e. The van der Waals surface area contributed by atoms with Crippen LogP contribution in [0.5, 0.6) is 11.5 Å². The third kappa shape index (κ3) is 4.80. The van der Waals surface area contributed by atoms with E-state index in [1.165, 1.54) is 12.1 Å². The molecular formula is C20H22FN3O2S. The van der Waals surface area contributed by atoms with Gasteiger partial charge in [-0.25, -0.2) is 4.39 Å². The second kappa shape index (κ2) is 8.90. The topological polar surface area (TPSA) is 49.2 Å². The van der Waals surface area contributed by atoms with Crippen LogP contribution in [-0.2, 0) is 12.3 Å². The molecule has 0 aliphatic heterocycles. The molecule has 1 aromatic heterocycles. The maximum Gasteiger partial charge on any atom is 0.191 e. The number of rotatable bonds is 8. The van der Waals surface area contributed by atoms with Crippen molar-refractivity contribution in [1.82, 2.24) is 14.8 Å². The van der Waals surface area contributed by atoms with E-state index in [1.54, 1.807) is 31.0 Å². The second-order valence-electron chi connectivity index (χ2n) is 5.94. The molecule has 0 aliphatic rings. The van der Waals surface area contributed by atoms with Crippen LogP contribution >= 0.6 is 11.8 Å². The molecule has 0 fully saturated rings. The number of hydrogen-bond acceptors (Lipinski definition) is 5. The van der Waals surface area contributed by atoms with Crippen LogP contribution in [0.2, 0.25) is 0 Å². The molecule has 3 aromatic rings. The van der Waals surface area contributed by atoms with E-state index in [-0.39, 0.29) is 11.9 Å². The molecule has 3 rings (SSSR count). The van der Waals surface area contributed by atoms with Crippen molar-refractivity contribution in [2.24, 2.45) is 0 Å². The van der Waals surface area contributed by atoms with Gasteiger partial charge in [-0.2, -0.15) is 0 Å². The lowest BCUT2D eigenvalue weighted by atomic mass is 10.2. The van der Waals surface area contributed by atoms with Crippen molar-refractivity contribution >= 4 is 11.8 Å². The molecular weight excluding hydrogens is 365 g/mol. The van der Waals surface area contributed by atoms with E-state index in [1.807, 2.05) is 36.6 Å². The zero-order chi connectivity index (χ0) is 19.2. The molecule has 0 bridgehead atoms. The molecule has 5 nitrogen and oxygen atoms in total. The van der Waals surface area contributed by atoms with Gasteiger partial charge in [0, 0.05) is 12.3 Å². The van der Waals surface area contributed by atoms with Gasteiger partial charge in [-0.05, 0) is 55.8 Å². The van der Waals surface area contributed by atoms with Crippen LogP contribution < -0.4 is 9.47 Å². The van der Waals surface area contributed by atoms with Crippen LogP contribution in [0.25, 0.3) is 0 Å². The SMILES string of the molecule is CCn1c(SCc2cccc(OC)c2)nnc1C(C)Oc1ccc(F)cc1. The third-order valence-electron chi connectivity index (χ3n) is 4.05. The minimum atomic E-state index is -0.297. The highest BCUT2D eigenvalue weighted by Crippen LogP contribution is 2.27. The first-order valence-corrected chi connectivity index (χ1v) is 9.70. The Morgan fingerprint density at radius 3 is 2.59 bits per heavy atom. The lowest BCUT2D eigenvalue weighted by Crippen LogP contribution is -2.12. The van der Waals surface area contributed by atoms with E-state index >= 15 is 0 Å². The van der Waals surface area contributed by atoms with Gasteiger partial charge in [-0.1, -0.05) is 23.9 Å². The van der Waals surface area contributed by atoms with Gasteiger partial charge >= 0.3 is 0 Å². The third-order valence-corrected chi connectivity index (χ3v) is 5.09. The Balaban J connectivity index is 1.70. The fourth-order valence-corrected chi connectivity index (χ4v) is 3.64. The van der Waals surface area contributed by atoms with Crippen LogP contribution in [0, 0.1) is 5.82 Å². The average Bonchev–Trinajstić information content (AvgIpc) is 3.11. The lowest BCUT2D eigenvalue weighted by Gasteiger charge is -2.15. The van der Waals surface area contributed by atoms with Crippen LogP contribution in [0.4, 0.5) is 4.39 Å². The summed E-state index contributed by atoms with van der Waals surface area (Å²) in [6, 6.07) is 13.9. The highest BCUT2D eigenvalue weighted by molar-refractivity contribution is 7.98. The summed E-state index contributed by atoms with van der Waals surface area (Å²) in [5.41, 5.74) is 1.15. The number of aromatic nitrogens is 3. The van der Waals surface area contributed by atoms with Crippen LogP contribution in [0.1, 0.15) is 31.3 Å². The van der Waals surface area contributed by atoms with Gasteiger partial charge in [-0.3, -0.25) is 0 Å². The Hall–Kier alpha value is -2.54. The molecule has 0 amide bonds. The maximum atomic E-state index is 13.0. The molecule has 1 heterocycles. The summed E-state index contributed by atoms with van der Waals surface area (Å²) in [6.45, 7) is 4.70. The minimum Gasteiger partial charge on any atom is -0.497 e. The van der Waals surface area contributed by atoms with E-state index in [0.29, 0.717) is 5.75 Å². The van der Waals surface area contributed by atoms with E-state index in [2.05, 4.69) is 16.3 Å². The Bertz CT molecular complexity index is 883. The van der Waals surface area contributed by atoms with E-state index < -0.39 is 0 Å². The molecule has 0 saturated heterocycles. The molecule has 0 aliphatic carbocycles. The predicted octanol–water partition coefficient (Wildman–Crippen LogP) is 4.88. The van der Waals surface area contributed by atoms with Crippen molar-refractivity contribution in [1.29, 1.82) is 0 Å². The van der Waals surface area contributed by atoms with Crippen molar-refractivity contribution < 1.29 is 13.9 Å². The molecule has 0 N–H and O–H groups in total. The standard InChI is InChI=1S/C20H22FN3O2S/c1-4-24-19(14(2)26-17-10-8-16(21)9-11-17)22-23-20(24)27-13-15-6-5-7-18(12-15)25-3/h5-12,14H,4,13H2,1-3H3. The maximum absolute atomic E-state index is 13.0. The number of methoxy groups -OCH3 is 1. The molecule has 0 spiro atoms. The highest BCUT2D eigenvalue weighted by atomic mass is 32.2. The highest BCUT2D eigenvalue weighted by Gasteiger charge is 2.19. The molecule has 1 unspecified atom stereocenters. The Kier molecular flexibility index (Phi) is 6.34. The first-order chi connectivity index (χ1) is 13.1. The number of hydrogen-bond donors (Lipinski definition) is 0. The second-order valence-corrected chi connectivity index (χ2v) is 6.88. The Labute approximate surface area is 162 Å². The van der Waals surface area contributed by atoms with Crippen LogP contribution in [0.15, 0.2) is 53.7 Å². The van der Waals surface area contributed by atoms with Gasteiger partial charge < -0.3 is 14.0 Å². The largest absolute Gasteiger partial charge is 0.497 e. The van der Waals surface area contributed by atoms with Crippen molar-refractivity contribution in [2.45, 2.75) is 37.4 Å². The normalized spacial score (nSPS) is 12.0. The average molecular weight is 387 g/mol. The molecule has 1 atom stereocenters. The van der Waals surface area contributed by atoms with E-state index in [9.17, 15) is 4.39 Å². The predicted molar refractivity (Wildman–Crippen MR) is 104 cm³/mol. The summed E-state index contributed by atoms with van der Waals surface area (Å²) in [5, 5.41) is 9.48. The van der Waals surface area contributed by atoms with Crippen molar-refractivity contribution in [2.75, 3.05) is 7.11 Å². The summed E-state index contributed by atoms with van der Waals surface area (Å²) in [5.74, 6) is 2.66. The summed E-state index contributed by atoms with van der Waals surface area (Å²) >= 11 is 1.62. The first kappa shape index (κ1) is 19.2. The number of halogens is 1. The quantitative estimate of drug-likeness (QED) is 0.516. The molecule has 27 heavy (non-hydrogen) atoms. The number of ether oxygens (including phenoxy) is 2. The van der Waals surface area contributed by atoms with Gasteiger partial charge in [0.1, 0.15) is 17.3 Å². The molecule has 7 heteroatoms.